The van der Waals surface area contributed by atoms with Crippen LogP contribution in [0.2, 0.25) is 0 Å². The third kappa shape index (κ3) is 1.96. The Kier molecular flexibility index (Phi) is 3.18. The minimum atomic E-state index is -0.292. The van der Waals surface area contributed by atoms with Crippen LogP contribution in [0.3, 0.4) is 0 Å². The molecule has 2 nitrogen and oxygen atoms in total. The highest BCUT2D eigenvalue weighted by Crippen LogP contribution is 2.25. The molecule has 0 amide bonds. The van der Waals surface area contributed by atoms with Crippen molar-refractivity contribution in [2.24, 2.45) is 0 Å². The first-order valence-electron chi connectivity index (χ1n) is 6.50. The number of pyridine rings is 1. The van der Waals surface area contributed by atoms with Crippen molar-refractivity contribution >= 4 is 16.2 Å². The van der Waals surface area contributed by atoms with Gasteiger partial charge in [-0.25, -0.2) is 4.39 Å². The molecule has 102 valence electrons. The molecule has 0 fully saturated rings. The van der Waals surface area contributed by atoms with Gasteiger partial charge in [-0.05, 0) is 42.7 Å². The Labute approximate surface area is 120 Å². The molecule has 0 aliphatic carbocycles. The summed E-state index contributed by atoms with van der Waals surface area (Å²) in [7, 11) is 0. The van der Waals surface area contributed by atoms with Crippen LogP contribution in [0.4, 0.5) is 4.39 Å². The second kappa shape index (κ2) is 4.87. The van der Waals surface area contributed by atoms with Crippen molar-refractivity contribution in [3.8, 4) is 11.1 Å². The highest BCUT2D eigenvalue weighted by Gasteiger charge is 2.14. The number of fused-ring (bicyclic) bond motifs is 1. The van der Waals surface area contributed by atoms with Crippen LogP contribution in [0, 0.1) is 12.7 Å². The Morgan fingerprint density at radius 3 is 2.60 bits per heavy atom. The van der Waals surface area contributed by atoms with Crippen molar-refractivity contribution in [3.63, 3.8) is 0 Å². The summed E-state index contributed by atoms with van der Waals surface area (Å²) in [6.07, 6.45) is 0.773. The second-order valence-electron chi connectivity index (χ2n) is 4.76. The molecule has 2 heterocycles. The predicted octanol–water partition coefficient (Wildman–Crippen LogP) is 4.04. The first-order chi connectivity index (χ1) is 9.61. The lowest BCUT2D eigenvalue weighted by Crippen LogP contribution is -2.17. The molecule has 0 N–H and O–H groups in total. The number of thiazole rings is 1. The molecular weight excluding hydrogens is 273 g/mol. The fourth-order valence-corrected chi connectivity index (χ4v) is 3.40. The third-order valence-corrected chi connectivity index (χ3v) is 4.47. The average molecular weight is 287 g/mol. The van der Waals surface area contributed by atoms with Crippen LogP contribution in [0.5, 0.6) is 0 Å². The zero-order valence-corrected chi connectivity index (χ0v) is 12.1. The predicted molar refractivity (Wildman–Crippen MR) is 81.1 cm³/mol. The fourth-order valence-electron chi connectivity index (χ4n) is 2.46. The smallest absolute Gasteiger partial charge is 0.264 e. The summed E-state index contributed by atoms with van der Waals surface area (Å²) in [5.41, 5.74) is 3.36. The topological polar surface area (TPSA) is 21.5 Å². The summed E-state index contributed by atoms with van der Waals surface area (Å²) < 4.78 is 14.8. The number of benzene rings is 1. The molecule has 0 atom stereocenters. The van der Waals surface area contributed by atoms with Crippen LogP contribution < -0.4 is 5.56 Å². The van der Waals surface area contributed by atoms with Gasteiger partial charge < -0.3 is 0 Å². The van der Waals surface area contributed by atoms with Gasteiger partial charge in [0.05, 0.1) is 5.56 Å². The van der Waals surface area contributed by atoms with Crippen molar-refractivity contribution in [2.45, 2.75) is 20.3 Å². The number of hydrogen-bond donors (Lipinski definition) is 0. The van der Waals surface area contributed by atoms with Gasteiger partial charge in [0.25, 0.3) is 5.56 Å². The number of nitrogens with zero attached hydrogens (tertiary/aromatic N) is 1. The third-order valence-electron chi connectivity index (χ3n) is 3.47. The van der Waals surface area contributed by atoms with Crippen molar-refractivity contribution in [1.29, 1.82) is 0 Å². The van der Waals surface area contributed by atoms with Gasteiger partial charge in [0.1, 0.15) is 10.6 Å². The quantitative estimate of drug-likeness (QED) is 0.697. The lowest BCUT2D eigenvalue weighted by atomic mass is 10.00. The molecule has 0 saturated heterocycles. The summed E-state index contributed by atoms with van der Waals surface area (Å²) in [5, 5.41) is 1.98. The molecule has 0 spiro atoms. The van der Waals surface area contributed by atoms with Gasteiger partial charge in [-0.3, -0.25) is 9.20 Å². The summed E-state index contributed by atoms with van der Waals surface area (Å²) in [6, 6.07) is 8.17. The SMILES string of the molecule is CCc1cc2scc(C)n2c(=O)c1-c1ccc(F)cc1. The van der Waals surface area contributed by atoms with Crippen LogP contribution >= 0.6 is 11.3 Å². The molecule has 3 rings (SSSR count). The van der Waals surface area contributed by atoms with Crippen molar-refractivity contribution in [2.75, 3.05) is 0 Å². The molecule has 20 heavy (non-hydrogen) atoms. The maximum absolute atomic E-state index is 13.1. The second-order valence-corrected chi connectivity index (χ2v) is 5.65. The van der Waals surface area contributed by atoms with Crippen LogP contribution in [-0.4, -0.2) is 4.40 Å². The zero-order valence-electron chi connectivity index (χ0n) is 11.3. The first kappa shape index (κ1) is 13.1. The zero-order chi connectivity index (χ0) is 14.3. The standard InChI is InChI=1S/C16H14FNOS/c1-3-11-8-14-18(10(2)9-20-14)16(19)15(11)12-4-6-13(17)7-5-12/h4-9H,3H2,1-2H3. The number of rotatable bonds is 2. The largest absolute Gasteiger partial charge is 0.271 e. The van der Waals surface area contributed by atoms with E-state index in [1.807, 2.05) is 19.2 Å². The van der Waals surface area contributed by atoms with Crippen LogP contribution in [0.1, 0.15) is 18.2 Å². The Hall–Kier alpha value is -1.94. The summed E-state index contributed by atoms with van der Waals surface area (Å²) in [4.78, 5) is 13.7. The van der Waals surface area contributed by atoms with E-state index in [0.29, 0.717) is 5.56 Å². The van der Waals surface area contributed by atoms with E-state index in [4.69, 9.17) is 0 Å². The molecular formula is C16H14FNOS. The average Bonchev–Trinajstić information content (AvgIpc) is 2.81. The molecule has 0 unspecified atom stereocenters. The van der Waals surface area contributed by atoms with Crippen LogP contribution in [0.25, 0.3) is 16.0 Å². The highest BCUT2D eigenvalue weighted by molar-refractivity contribution is 7.15. The summed E-state index contributed by atoms with van der Waals surface area (Å²) >= 11 is 1.57. The van der Waals surface area contributed by atoms with Gasteiger partial charge in [0.2, 0.25) is 0 Å². The van der Waals surface area contributed by atoms with Gasteiger partial charge in [-0.2, -0.15) is 0 Å². The molecule has 0 saturated carbocycles. The van der Waals surface area contributed by atoms with Crippen LogP contribution in [0.15, 0.2) is 40.5 Å². The monoisotopic (exact) mass is 287 g/mol. The molecule has 0 bridgehead atoms. The molecule has 0 aliphatic rings. The molecule has 2 aromatic heterocycles. The minimum absolute atomic E-state index is 0.0234. The molecule has 0 aliphatic heterocycles. The normalized spacial score (nSPS) is 11.2. The first-order valence-corrected chi connectivity index (χ1v) is 7.38. The maximum Gasteiger partial charge on any atom is 0.264 e. The minimum Gasteiger partial charge on any atom is -0.271 e. The Bertz CT molecular complexity index is 830. The maximum atomic E-state index is 13.1. The number of hydrogen-bond acceptors (Lipinski definition) is 2. The molecule has 0 radical (unpaired) electrons. The highest BCUT2D eigenvalue weighted by atomic mass is 32.1. The lowest BCUT2D eigenvalue weighted by Gasteiger charge is -2.09. The molecule has 3 aromatic rings. The van der Waals surface area contributed by atoms with Gasteiger partial charge >= 0.3 is 0 Å². The number of halogens is 1. The van der Waals surface area contributed by atoms with E-state index >= 15 is 0 Å². The van der Waals surface area contributed by atoms with E-state index in [1.54, 1.807) is 27.9 Å². The molecule has 1 aromatic carbocycles. The van der Waals surface area contributed by atoms with Gasteiger partial charge in [-0.1, -0.05) is 19.1 Å². The van der Waals surface area contributed by atoms with E-state index in [-0.39, 0.29) is 11.4 Å². The van der Waals surface area contributed by atoms with E-state index < -0.39 is 0 Å². The van der Waals surface area contributed by atoms with E-state index in [2.05, 4.69) is 6.07 Å². The fraction of sp³-hybridized carbons (Fsp3) is 0.188. The van der Waals surface area contributed by atoms with Gasteiger partial charge in [-0.15, -0.1) is 11.3 Å². The van der Waals surface area contributed by atoms with Crippen LogP contribution in [-0.2, 0) is 6.42 Å². The van der Waals surface area contributed by atoms with Crippen molar-refractivity contribution in [3.05, 3.63) is 63.1 Å². The van der Waals surface area contributed by atoms with Crippen molar-refractivity contribution in [1.82, 2.24) is 4.40 Å². The van der Waals surface area contributed by atoms with Gasteiger partial charge in [0, 0.05) is 11.1 Å². The van der Waals surface area contributed by atoms with Crippen molar-refractivity contribution < 1.29 is 4.39 Å². The Balaban J connectivity index is 2.38. The molecule has 4 heteroatoms. The Morgan fingerprint density at radius 1 is 1.25 bits per heavy atom. The summed E-state index contributed by atoms with van der Waals surface area (Å²) in [6.45, 7) is 3.95. The Morgan fingerprint density at radius 2 is 1.95 bits per heavy atom. The number of aromatic nitrogens is 1. The summed E-state index contributed by atoms with van der Waals surface area (Å²) in [5.74, 6) is -0.292. The lowest BCUT2D eigenvalue weighted by molar-refractivity contribution is 0.628. The number of aryl methyl sites for hydroxylation is 2. The van der Waals surface area contributed by atoms with E-state index in [9.17, 15) is 9.18 Å². The van der Waals surface area contributed by atoms with E-state index in [1.165, 1.54) is 12.1 Å². The van der Waals surface area contributed by atoms with E-state index in [0.717, 1.165) is 28.1 Å². The van der Waals surface area contributed by atoms with Gasteiger partial charge in [0.15, 0.2) is 0 Å².